The van der Waals surface area contributed by atoms with E-state index in [1.54, 1.807) is 0 Å². The lowest BCUT2D eigenvalue weighted by atomic mass is 10.1. The lowest BCUT2D eigenvalue weighted by molar-refractivity contribution is -0.142. The van der Waals surface area contributed by atoms with Gasteiger partial charge in [0.05, 0.1) is 12.6 Å². The van der Waals surface area contributed by atoms with E-state index in [0.29, 0.717) is 12.2 Å². The number of aliphatic carboxylic acids is 1. The number of aliphatic hydroxyl groups excluding tert-OH is 1. The molecule has 1 aliphatic rings. The van der Waals surface area contributed by atoms with Gasteiger partial charge in [0.25, 0.3) is 0 Å². The molecule has 1 fully saturated rings. The molecule has 5 N–H and O–H groups in total. The molecule has 0 saturated carbocycles. The van der Waals surface area contributed by atoms with E-state index in [2.05, 4.69) is 16.0 Å². The molecule has 0 bridgehead atoms. The van der Waals surface area contributed by atoms with Crippen LogP contribution in [0.4, 0.5) is 0 Å². The number of carbonyl (C=O) groups is 3. The summed E-state index contributed by atoms with van der Waals surface area (Å²) in [7, 11) is 0. The Bertz CT molecular complexity index is 401. The topological polar surface area (TPSA) is 128 Å². The molecule has 22 heavy (non-hydrogen) atoms. The summed E-state index contributed by atoms with van der Waals surface area (Å²) in [5, 5.41) is 26.1. The van der Waals surface area contributed by atoms with Gasteiger partial charge < -0.3 is 26.2 Å². The molecule has 0 aromatic carbocycles. The largest absolute Gasteiger partial charge is 0.480 e. The van der Waals surface area contributed by atoms with Crippen molar-refractivity contribution in [1.82, 2.24) is 16.0 Å². The van der Waals surface area contributed by atoms with E-state index in [4.69, 9.17) is 5.11 Å². The zero-order chi connectivity index (χ0) is 16.5. The molecular formula is C13H23N3O5S. The number of aliphatic hydroxyl groups is 1. The maximum Gasteiger partial charge on any atom is 0.326 e. The third-order valence-corrected chi connectivity index (χ3v) is 4.06. The van der Waals surface area contributed by atoms with Gasteiger partial charge >= 0.3 is 5.97 Å². The highest BCUT2D eigenvalue weighted by atomic mass is 32.2. The summed E-state index contributed by atoms with van der Waals surface area (Å²) < 4.78 is 0. The molecule has 9 heteroatoms. The molecule has 0 aromatic heterocycles. The highest BCUT2D eigenvalue weighted by Crippen LogP contribution is 2.05. The quantitative estimate of drug-likeness (QED) is 0.349. The van der Waals surface area contributed by atoms with Gasteiger partial charge in [0.1, 0.15) is 12.1 Å². The van der Waals surface area contributed by atoms with Gasteiger partial charge in [-0.1, -0.05) is 0 Å². The second-order valence-electron chi connectivity index (χ2n) is 5.07. The molecular weight excluding hydrogens is 310 g/mol. The normalized spacial score (nSPS) is 20.2. The smallest absolute Gasteiger partial charge is 0.326 e. The minimum absolute atomic E-state index is 0.276. The van der Waals surface area contributed by atoms with Gasteiger partial charge in [0, 0.05) is 0 Å². The molecule has 1 heterocycles. The van der Waals surface area contributed by atoms with Crippen LogP contribution in [-0.4, -0.2) is 71.3 Å². The zero-order valence-electron chi connectivity index (χ0n) is 12.5. The minimum atomic E-state index is -1.15. The van der Waals surface area contributed by atoms with Crippen molar-refractivity contribution < 1.29 is 24.6 Å². The van der Waals surface area contributed by atoms with Gasteiger partial charge in [0.15, 0.2) is 0 Å². The lowest BCUT2D eigenvalue weighted by Gasteiger charge is -2.21. The van der Waals surface area contributed by atoms with Crippen molar-refractivity contribution in [2.24, 2.45) is 0 Å². The second-order valence-corrected chi connectivity index (χ2v) is 6.06. The first-order valence-electron chi connectivity index (χ1n) is 7.16. The van der Waals surface area contributed by atoms with E-state index in [-0.39, 0.29) is 18.4 Å². The van der Waals surface area contributed by atoms with Crippen LogP contribution in [0.2, 0.25) is 0 Å². The molecule has 8 nitrogen and oxygen atoms in total. The Morgan fingerprint density at radius 3 is 2.55 bits per heavy atom. The van der Waals surface area contributed by atoms with Crippen LogP contribution in [0.3, 0.4) is 0 Å². The fourth-order valence-electron chi connectivity index (χ4n) is 2.14. The maximum atomic E-state index is 12.0. The number of amides is 2. The third kappa shape index (κ3) is 5.82. The molecule has 2 amide bonds. The Morgan fingerprint density at radius 1 is 1.32 bits per heavy atom. The highest BCUT2D eigenvalue weighted by Gasteiger charge is 2.29. The van der Waals surface area contributed by atoms with Crippen LogP contribution in [0, 0.1) is 0 Å². The van der Waals surface area contributed by atoms with E-state index >= 15 is 0 Å². The van der Waals surface area contributed by atoms with Gasteiger partial charge in [-0.3, -0.25) is 9.59 Å². The van der Waals surface area contributed by atoms with Crippen molar-refractivity contribution in [3.05, 3.63) is 0 Å². The molecule has 1 aliphatic heterocycles. The predicted molar refractivity (Wildman–Crippen MR) is 82.6 cm³/mol. The molecule has 0 spiro atoms. The van der Waals surface area contributed by atoms with Gasteiger partial charge in [-0.2, -0.15) is 11.8 Å². The number of hydrogen-bond acceptors (Lipinski definition) is 6. The molecule has 0 radical (unpaired) electrons. The van der Waals surface area contributed by atoms with Crippen LogP contribution >= 0.6 is 11.8 Å². The summed E-state index contributed by atoms with van der Waals surface area (Å²) in [6, 6.07) is -2.55. The first-order valence-corrected chi connectivity index (χ1v) is 8.55. The maximum absolute atomic E-state index is 12.0. The van der Waals surface area contributed by atoms with Gasteiger partial charge in [-0.05, 0) is 37.8 Å². The molecule has 1 rings (SSSR count). The Kier molecular flexibility index (Phi) is 8.21. The zero-order valence-corrected chi connectivity index (χ0v) is 13.3. The summed E-state index contributed by atoms with van der Waals surface area (Å²) in [6.45, 7) is 0.156. The van der Waals surface area contributed by atoms with Crippen LogP contribution in [0.15, 0.2) is 0 Å². The SMILES string of the molecule is CSCC[C@H](NC(=O)[C@H](CO)NC(=O)[C@@H]1CCCN1)C(=O)O. The third-order valence-electron chi connectivity index (χ3n) is 3.42. The van der Waals surface area contributed by atoms with Crippen molar-refractivity contribution in [2.75, 3.05) is 25.2 Å². The molecule has 126 valence electrons. The Morgan fingerprint density at radius 2 is 2.05 bits per heavy atom. The number of nitrogens with one attached hydrogen (secondary N) is 3. The van der Waals surface area contributed by atoms with Crippen LogP contribution in [0.25, 0.3) is 0 Å². The number of rotatable bonds is 9. The lowest BCUT2D eigenvalue weighted by Crippen LogP contribution is -2.55. The predicted octanol–water partition coefficient (Wildman–Crippen LogP) is -1.46. The summed E-state index contributed by atoms with van der Waals surface area (Å²) in [5.74, 6) is -1.60. The van der Waals surface area contributed by atoms with Crippen molar-refractivity contribution in [3.8, 4) is 0 Å². The van der Waals surface area contributed by atoms with Gasteiger partial charge in [-0.15, -0.1) is 0 Å². The van der Waals surface area contributed by atoms with E-state index in [1.807, 2.05) is 6.26 Å². The summed E-state index contributed by atoms with van der Waals surface area (Å²) in [4.78, 5) is 35.1. The Hall–Kier alpha value is -1.32. The fourth-order valence-corrected chi connectivity index (χ4v) is 2.61. The molecule has 3 atom stereocenters. The summed E-state index contributed by atoms with van der Waals surface area (Å²) in [6.07, 6.45) is 3.67. The monoisotopic (exact) mass is 333 g/mol. The van der Waals surface area contributed by atoms with Crippen molar-refractivity contribution in [1.29, 1.82) is 0 Å². The number of carbonyl (C=O) groups excluding carboxylic acids is 2. The average molecular weight is 333 g/mol. The highest BCUT2D eigenvalue weighted by molar-refractivity contribution is 7.98. The Balaban J connectivity index is 2.54. The first-order chi connectivity index (χ1) is 10.5. The molecule has 0 aromatic rings. The minimum Gasteiger partial charge on any atom is -0.480 e. The number of thioether (sulfide) groups is 1. The van der Waals surface area contributed by atoms with Crippen LogP contribution in [0.5, 0.6) is 0 Å². The summed E-state index contributed by atoms with van der Waals surface area (Å²) >= 11 is 1.47. The fraction of sp³-hybridized carbons (Fsp3) is 0.769. The van der Waals surface area contributed by atoms with Crippen molar-refractivity contribution in [2.45, 2.75) is 37.4 Å². The molecule has 0 aliphatic carbocycles. The van der Waals surface area contributed by atoms with Gasteiger partial charge in [0.2, 0.25) is 11.8 Å². The van der Waals surface area contributed by atoms with Crippen LogP contribution < -0.4 is 16.0 Å². The number of carboxylic acids is 1. The van der Waals surface area contributed by atoms with Gasteiger partial charge in [-0.25, -0.2) is 4.79 Å². The van der Waals surface area contributed by atoms with Crippen LogP contribution in [-0.2, 0) is 14.4 Å². The number of hydrogen-bond donors (Lipinski definition) is 5. The Labute approximate surface area is 133 Å². The summed E-state index contributed by atoms with van der Waals surface area (Å²) in [5.41, 5.74) is 0. The van der Waals surface area contributed by atoms with Crippen molar-refractivity contribution >= 4 is 29.5 Å². The van der Waals surface area contributed by atoms with Crippen LogP contribution in [0.1, 0.15) is 19.3 Å². The standard InChI is InChI=1S/C13H23N3O5S/c1-22-6-4-9(13(20)21)15-12(19)10(7-17)16-11(18)8-3-2-5-14-8/h8-10,14,17H,2-7H2,1H3,(H,15,19)(H,16,18)(H,20,21)/t8-,9-,10-/m0/s1. The van der Waals surface area contributed by atoms with Crippen molar-refractivity contribution in [3.63, 3.8) is 0 Å². The van der Waals surface area contributed by atoms with E-state index in [0.717, 1.165) is 13.0 Å². The van der Waals surface area contributed by atoms with E-state index in [1.165, 1.54) is 11.8 Å². The first kappa shape index (κ1) is 18.7. The average Bonchev–Trinajstić information content (AvgIpc) is 3.02. The molecule has 0 unspecified atom stereocenters. The second kappa shape index (κ2) is 9.65. The van der Waals surface area contributed by atoms with E-state index < -0.39 is 30.6 Å². The number of carboxylic acid groups (broad SMARTS) is 1. The van der Waals surface area contributed by atoms with E-state index in [9.17, 15) is 19.5 Å². The molecule has 1 saturated heterocycles.